The van der Waals surface area contributed by atoms with Crippen LogP contribution >= 0.6 is 68.4 Å². The summed E-state index contributed by atoms with van der Waals surface area (Å²) in [5, 5.41) is 3.30. The van der Waals surface area contributed by atoms with Gasteiger partial charge in [-0.25, -0.2) is 9.69 Å². The van der Waals surface area contributed by atoms with Crippen LogP contribution in [0.3, 0.4) is 0 Å². The van der Waals surface area contributed by atoms with Gasteiger partial charge in [-0.05, 0) is 100 Å². The number of hydrogen-bond donors (Lipinski definition) is 1. The molecule has 10 heteroatoms. The van der Waals surface area contributed by atoms with Crippen molar-refractivity contribution in [1.82, 2.24) is 5.32 Å². The highest BCUT2D eigenvalue weighted by molar-refractivity contribution is 14.1. The zero-order chi connectivity index (χ0) is 25.3. The lowest BCUT2D eigenvalue weighted by atomic mass is 10.1. The van der Waals surface area contributed by atoms with E-state index in [2.05, 4.69) is 50.5 Å². The predicted octanol–water partition coefficient (Wildman–Crippen LogP) is 6.76. The fourth-order valence-corrected chi connectivity index (χ4v) is 5.93. The van der Waals surface area contributed by atoms with E-state index in [-0.39, 0.29) is 12.2 Å². The third-order valence-electron chi connectivity index (χ3n) is 5.11. The maximum atomic E-state index is 13.1. The zero-order valence-corrected chi connectivity index (χ0v) is 23.9. The molecule has 178 valence electrons. The molecule has 4 amide bonds. The summed E-state index contributed by atoms with van der Waals surface area (Å²) >= 11 is 16.4. The van der Waals surface area contributed by atoms with Crippen molar-refractivity contribution in [1.29, 1.82) is 0 Å². The summed E-state index contributed by atoms with van der Waals surface area (Å²) < 4.78 is 7.56. The molecule has 0 bridgehead atoms. The molecule has 0 spiro atoms. The first-order chi connectivity index (χ1) is 16.6. The lowest BCUT2D eigenvalue weighted by Crippen LogP contribution is -2.54. The SMILES string of the molecule is Cc1ccc(N2C(=O)NC(=O)/C(=C\c3cc(I)c(OCc4ccc(Cl)cc4Cl)c(I)c3)C2=O)cc1. The van der Waals surface area contributed by atoms with E-state index in [1.165, 1.54) is 6.08 Å². The molecule has 3 aromatic rings. The molecule has 1 heterocycles. The van der Waals surface area contributed by atoms with Gasteiger partial charge in [0.2, 0.25) is 0 Å². The predicted molar refractivity (Wildman–Crippen MR) is 153 cm³/mol. The van der Waals surface area contributed by atoms with E-state index >= 15 is 0 Å². The number of aryl methyl sites for hydroxylation is 1. The third-order valence-corrected chi connectivity index (χ3v) is 7.30. The monoisotopic (exact) mass is 732 g/mol. The number of carbonyl (C=O) groups excluding carboxylic acids is 3. The Morgan fingerprint density at radius 2 is 1.63 bits per heavy atom. The molecule has 1 fully saturated rings. The van der Waals surface area contributed by atoms with E-state index in [0.29, 0.717) is 27.0 Å². The highest BCUT2D eigenvalue weighted by Gasteiger charge is 2.36. The number of barbiturate groups is 1. The van der Waals surface area contributed by atoms with Gasteiger partial charge in [-0.2, -0.15) is 0 Å². The van der Waals surface area contributed by atoms with Crippen molar-refractivity contribution in [2.75, 3.05) is 4.90 Å². The van der Waals surface area contributed by atoms with Crippen LogP contribution in [0.4, 0.5) is 10.5 Å². The summed E-state index contributed by atoms with van der Waals surface area (Å²) in [6.07, 6.45) is 1.47. The second kappa shape index (κ2) is 10.9. The minimum absolute atomic E-state index is 0.140. The molecule has 6 nitrogen and oxygen atoms in total. The molecular formula is C25H16Cl2I2N2O4. The molecule has 35 heavy (non-hydrogen) atoms. The molecule has 1 N–H and O–H groups in total. The Hall–Kier alpha value is -2.15. The molecule has 1 aliphatic rings. The summed E-state index contributed by atoms with van der Waals surface area (Å²) in [6.45, 7) is 2.15. The van der Waals surface area contributed by atoms with Crippen LogP contribution in [0, 0.1) is 14.1 Å². The summed E-state index contributed by atoms with van der Waals surface area (Å²) in [7, 11) is 0. The second-order valence-corrected chi connectivity index (χ2v) is 10.8. The van der Waals surface area contributed by atoms with Crippen LogP contribution in [0.2, 0.25) is 10.0 Å². The Kier molecular flexibility index (Phi) is 8.04. The number of carbonyl (C=O) groups is 3. The van der Waals surface area contributed by atoms with Gasteiger partial charge in [-0.3, -0.25) is 14.9 Å². The maximum Gasteiger partial charge on any atom is 0.335 e. The number of hydrogen-bond acceptors (Lipinski definition) is 4. The molecule has 0 radical (unpaired) electrons. The van der Waals surface area contributed by atoms with Gasteiger partial charge < -0.3 is 4.74 Å². The van der Waals surface area contributed by atoms with E-state index in [1.807, 2.05) is 6.92 Å². The van der Waals surface area contributed by atoms with Gasteiger partial charge in [-0.15, -0.1) is 0 Å². The molecular weight excluding hydrogens is 717 g/mol. The number of benzene rings is 3. The molecule has 0 saturated carbocycles. The fraction of sp³-hybridized carbons (Fsp3) is 0.0800. The van der Waals surface area contributed by atoms with Crippen LogP contribution in [-0.2, 0) is 16.2 Å². The minimum atomic E-state index is -0.783. The Bertz CT molecular complexity index is 1370. The zero-order valence-electron chi connectivity index (χ0n) is 18.1. The first kappa shape index (κ1) is 25.9. The van der Waals surface area contributed by atoms with Crippen LogP contribution in [0.25, 0.3) is 6.08 Å². The third kappa shape index (κ3) is 5.82. The summed E-state index contributed by atoms with van der Waals surface area (Å²) in [5.41, 5.74) is 2.63. The average molecular weight is 733 g/mol. The largest absolute Gasteiger partial charge is 0.487 e. The number of halogens is 4. The van der Waals surface area contributed by atoms with Crippen LogP contribution in [0.1, 0.15) is 16.7 Å². The number of nitrogens with one attached hydrogen (secondary N) is 1. The molecule has 0 aliphatic carbocycles. The van der Waals surface area contributed by atoms with E-state index < -0.39 is 17.8 Å². The van der Waals surface area contributed by atoms with Gasteiger partial charge in [0.1, 0.15) is 17.9 Å². The second-order valence-electron chi connectivity index (χ2n) is 7.63. The fourth-order valence-electron chi connectivity index (χ4n) is 3.34. The van der Waals surface area contributed by atoms with E-state index in [0.717, 1.165) is 23.2 Å². The van der Waals surface area contributed by atoms with Crippen LogP contribution in [-0.4, -0.2) is 17.8 Å². The molecule has 0 aromatic heterocycles. The lowest BCUT2D eigenvalue weighted by Gasteiger charge is -2.26. The van der Waals surface area contributed by atoms with Gasteiger partial charge >= 0.3 is 6.03 Å². The number of ether oxygens (including phenoxy) is 1. The number of anilines is 1. The highest BCUT2D eigenvalue weighted by Crippen LogP contribution is 2.32. The van der Waals surface area contributed by atoms with Crippen molar-refractivity contribution in [3.63, 3.8) is 0 Å². The number of nitrogens with zero attached hydrogens (tertiary/aromatic N) is 1. The summed E-state index contributed by atoms with van der Waals surface area (Å²) in [6, 6.07) is 14.9. The van der Waals surface area contributed by atoms with Crippen LogP contribution in [0.15, 0.2) is 60.2 Å². The van der Waals surface area contributed by atoms with Gasteiger partial charge in [0, 0.05) is 15.6 Å². The van der Waals surface area contributed by atoms with Crippen LogP contribution in [0.5, 0.6) is 5.75 Å². The summed E-state index contributed by atoms with van der Waals surface area (Å²) in [5.74, 6) is -0.786. The Morgan fingerprint density at radius 3 is 2.26 bits per heavy atom. The van der Waals surface area contributed by atoms with E-state index in [1.54, 1.807) is 54.6 Å². The van der Waals surface area contributed by atoms with Gasteiger partial charge in [0.25, 0.3) is 11.8 Å². The molecule has 3 aromatic carbocycles. The first-order valence-electron chi connectivity index (χ1n) is 10.2. The number of urea groups is 1. The molecule has 4 rings (SSSR count). The smallest absolute Gasteiger partial charge is 0.335 e. The number of imide groups is 2. The number of amides is 4. The van der Waals surface area contributed by atoms with E-state index in [4.69, 9.17) is 27.9 Å². The Morgan fingerprint density at radius 1 is 0.971 bits per heavy atom. The molecule has 0 atom stereocenters. The van der Waals surface area contributed by atoms with Gasteiger partial charge in [0.05, 0.1) is 12.8 Å². The Labute approximate surface area is 238 Å². The molecule has 0 unspecified atom stereocenters. The number of rotatable bonds is 5. The van der Waals surface area contributed by atoms with Crippen molar-refractivity contribution in [3.8, 4) is 5.75 Å². The van der Waals surface area contributed by atoms with Crippen molar-refractivity contribution in [3.05, 3.63) is 94.0 Å². The maximum absolute atomic E-state index is 13.1. The Balaban J connectivity index is 1.60. The molecule has 1 saturated heterocycles. The standard InChI is InChI=1S/C25H16Cl2I2N2O4/c1-13-2-6-17(7-3-13)31-24(33)18(23(32)30-25(31)34)8-14-9-20(28)22(21(29)10-14)35-12-15-4-5-16(26)11-19(15)27/h2-11H,12H2,1H3,(H,30,32,34)/b18-8+. The van der Waals surface area contributed by atoms with Gasteiger partial charge in [-0.1, -0.05) is 47.0 Å². The topological polar surface area (TPSA) is 75.7 Å². The van der Waals surface area contributed by atoms with E-state index in [9.17, 15) is 14.4 Å². The first-order valence-corrected chi connectivity index (χ1v) is 13.1. The van der Waals surface area contributed by atoms with Crippen molar-refractivity contribution in [2.24, 2.45) is 0 Å². The van der Waals surface area contributed by atoms with Crippen molar-refractivity contribution < 1.29 is 19.1 Å². The van der Waals surface area contributed by atoms with Crippen molar-refractivity contribution >= 4 is 98.0 Å². The lowest BCUT2D eigenvalue weighted by molar-refractivity contribution is -0.122. The van der Waals surface area contributed by atoms with Crippen molar-refractivity contribution in [2.45, 2.75) is 13.5 Å². The minimum Gasteiger partial charge on any atom is -0.487 e. The van der Waals surface area contributed by atoms with Crippen LogP contribution < -0.4 is 15.0 Å². The quantitative estimate of drug-likeness (QED) is 0.179. The molecule has 1 aliphatic heterocycles. The van der Waals surface area contributed by atoms with Gasteiger partial charge in [0.15, 0.2) is 0 Å². The highest BCUT2D eigenvalue weighted by atomic mass is 127. The summed E-state index contributed by atoms with van der Waals surface area (Å²) in [4.78, 5) is 39.0. The normalized spacial score (nSPS) is 14.9. The average Bonchev–Trinajstić information content (AvgIpc) is 2.78.